The molecule has 2 unspecified atom stereocenters. The molecule has 8 nitrogen and oxygen atoms in total. The molecule has 8 atom stereocenters. The third-order valence-electron chi connectivity index (χ3n) is 11.4. The van der Waals surface area contributed by atoms with Gasteiger partial charge in [-0.1, -0.05) is 55.4 Å². The molecule has 2 aliphatic carbocycles. The molecule has 2 saturated carbocycles. The number of fused-ring (bicyclic) bond motifs is 6. The van der Waals surface area contributed by atoms with E-state index < -0.39 is 43.3 Å². The molecule has 0 spiro atoms. The topological polar surface area (TPSA) is 111 Å². The number of hydrogen-bond donors (Lipinski definition) is 2. The molecule has 0 radical (unpaired) electrons. The number of rotatable bonds is 1. The van der Waals surface area contributed by atoms with Crippen molar-refractivity contribution in [3.8, 4) is 17.1 Å². The van der Waals surface area contributed by atoms with Gasteiger partial charge in [0.05, 0.1) is 18.3 Å². The zero-order valence-corrected chi connectivity index (χ0v) is 27.5. The lowest BCUT2D eigenvalue weighted by Gasteiger charge is -2.69. The minimum atomic E-state index is -2.68. The molecule has 2 aromatic heterocycles. The fraction of sp³-hybridized carbons (Fsp3) is 0.697. The number of hydrogen-bond acceptors (Lipinski definition) is 8. The number of aromatic nitrogens is 1. The summed E-state index contributed by atoms with van der Waals surface area (Å²) in [4.78, 5) is 17.5. The Labute approximate surface area is 250 Å². The molecule has 0 bridgehead atoms. The van der Waals surface area contributed by atoms with Gasteiger partial charge in [-0.3, -0.25) is 4.98 Å². The van der Waals surface area contributed by atoms with E-state index in [2.05, 4.69) is 60.4 Å². The Morgan fingerprint density at radius 3 is 2.36 bits per heavy atom. The van der Waals surface area contributed by atoms with Gasteiger partial charge in [0, 0.05) is 52.0 Å². The van der Waals surface area contributed by atoms with Crippen LogP contribution >= 0.6 is 0 Å². The van der Waals surface area contributed by atoms with E-state index in [1.165, 1.54) is 0 Å². The van der Waals surface area contributed by atoms with Gasteiger partial charge < -0.3 is 28.2 Å². The van der Waals surface area contributed by atoms with Gasteiger partial charge in [0.25, 0.3) is 0 Å². The van der Waals surface area contributed by atoms with Gasteiger partial charge in [0.1, 0.15) is 22.7 Å². The summed E-state index contributed by atoms with van der Waals surface area (Å²) in [5.41, 5.74) is -1.81. The second-order valence-corrected chi connectivity index (χ2v) is 20.7. The number of aliphatic hydroxyl groups excluding tert-OH is 2. The van der Waals surface area contributed by atoms with E-state index >= 15 is 0 Å². The molecule has 4 aliphatic rings. The third kappa shape index (κ3) is 3.92. The molecule has 9 heteroatoms. The first-order valence-electron chi connectivity index (χ1n) is 15.3. The molecule has 42 heavy (non-hydrogen) atoms. The summed E-state index contributed by atoms with van der Waals surface area (Å²) >= 11 is 0. The fourth-order valence-corrected chi connectivity index (χ4v) is 14.8. The van der Waals surface area contributed by atoms with Crippen LogP contribution in [0.15, 0.2) is 39.8 Å². The van der Waals surface area contributed by atoms with Gasteiger partial charge in [-0.25, -0.2) is 4.79 Å². The summed E-state index contributed by atoms with van der Waals surface area (Å²) in [7, 11) is -2.68. The molecular weight excluding hydrogens is 550 g/mol. The quantitative estimate of drug-likeness (QED) is 0.377. The largest absolute Gasteiger partial charge is 0.484 e. The lowest BCUT2D eigenvalue weighted by Crippen LogP contribution is -2.74. The summed E-state index contributed by atoms with van der Waals surface area (Å²) in [5.74, 6) is 0.00813. The highest BCUT2D eigenvalue weighted by molar-refractivity contribution is 6.73. The molecule has 0 aromatic carbocycles. The fourth-order valence-electron chi connectivity index (χ4n) is 9.64. The molecule has 2 aromatic rings. The van der Waals surface area contributed by atoms with Crippen molar-refractivity contribution in [1.82, 2.24) is 4.98 Å². The second kappa shape index (κ2) is 9.24. The first-order chi connectivity index (χ1) is 19.4. The van der Waals surface area contributed by atoms with Crippen molar-refractivity contribution in [2.75, 3.05) is 6.61 Å². The maximum absolute atomic E-state index is 13.4. The molecule has 230 valence electrons. The molecule has 6 rings (SSSR count). The Bertz CT molecular complexity index is 1420. The number of pyridine rings is 1. The lowest BCUT2D eigenvalue weighted by molar-refractivity contribution is -0.271. The van der Waals surface area contributed by atoms with E-state index in [0.717, 1.165) is 12.8 Å². The monoisotopic (exact) mass is 597 g/mol. The van der Waals surface area contributed by atoms with Gasteiger partial charge >= 0.3 is 14.2 Å². The Morgan fingerprint density at radius 2 is 1.74 bits per heavy atom. The molecule has 2 N–H and O–H groups in total. The van der Waals surface area contributed by atoms with E-state index in [1.807, 2.05) is 6.92 Å². The van der Waals surface area contributed by atoms with Crippen LogP contribution in [0.5, 0.6) is 5.75 Å². The standard InChI is InChI=1S/C33H47NO7Si/c1-29(2,3)42(30(4,5)6)38-18-32(8)22-16-23(35)33(9)27(31(22,7)13-12-24(32)41-42)26(36)25-21(40-33)15-20(39-28(25)37)19-11-10-14-34-17-19/h10-11,14-15,17,22-24,26-27,35-36H,12-13,16,18H2,1-9H3/t22?,23-,24-,26-,27?,31-,32-,33+/m0/s1. The maximum Gasteiger partial charge on any atom is 0.349 e. The van der Waals surface area contributed by atoms with Crippen LogP contribution < -0.4 is 10.4 Å². The van der Waals surface area contributed by atoms with E-state index in [4.69, 9.17) is 18.0 Å². The Hall–Kier alpha value is -2.04. The van der Waals surface area contributed by atoms with Crippen molar-refractivity contribution in [3.63, 3.8) is 0 Å². The van der Waals surface area contributed by atoms with Gasteiger partial charge in [-0.2, -0.15) is 0 Å². The highest BCUT2D eigenvalue weighted by atomic mass is 28.4. The normalized spacial score (nSPS) is 39.3. The first kappa shape index (κ1) is 30.0. The minimum Gasteiger partial charge on any atom is -0.484 e. The van der Waals surface area contributed by atoms with Gasteiger partial charge in [-0.05, 0) is 49.7 Å². The van der Waals surface area contributed by atoms with Crippen LogP contribution in [-0.2, 0) is 8.85 Å². The molecule has 4 heterocycles. The number of nitrogens with zero attached hydrogens (tertiary/aromatic N) is 1. The average Bonchev–Trinajstić information content (AvgIpc) is 2.88. The zero-order chi connectivity index (χ0) is 30.7. The van der Waals surface area contributed by atoms with Crippen molar-refractivity contribution in [2.24, 2.45) is 22.7 Å². The van der Waals surface area contributed by atoms with Crippen LogP contribution in [0.1, 0.15) is 93.2 Å². The van der Waals surface area contributed by atoms with Crippen molar-refractivity contribution in [1.29, 1.82) is 0 Å². The molecule has 2 aliphatic heterocycles. The zero-order valence-electron chi connectivity index (χ0n) is 26.5. The van der Waals surface area contributed by atoms with Crippen LogP contribution in [-0.4, -0.2) is 48.2 Å². The van der Waals surface area contributed by atoms with Crippen LogP contribution in [0.25, 0.3) is 11.3 Å². The molecule has 3 fully saturated rings. The predicted octanol–water partition coefficient (Wildman–Crippen LogP) is 6.15. The minimum absolute atomic E-state index is 0.0213. The van der Waals surface area contributed by atoms with Gasteiger partial charge in [0.2, 0.25) is 0 Å². The Balaban J connectivity index is 1.40. The van der Waals surface area contributed by atoms with Crippen LogP contribution in [0.4, 0.5) is 0 Å². The second-order valence-electron chi connectivity index (χ2n) is 16.0. The summed E-state index contributed by atoms with van der Waals surface area (Å²) in [6, 6.07) is 5.20. The van der Waals surface area contributed by atoms with Crippen LogP contribution in [0, 0.1) is 22.7 Å². The van der Waals surface area contributed by atoms with Crippen molar-refractivity contribution in [3.05, 3.63) is 46.6 Å². The van der Waals surface area contributed by atoms with Crippen LogP contribution in [0.3, 0.4) is 0 Å². The average molecular weight is 598 g/mol. The SMILES string of the molecule is CC(C)(C)[Si]1(C(C)(C)C)OC[C@@]2(C)C3C[C@H](O)[C@@]4(C)Oc5cc(-c6cccnc6)oc(=O)c5[C@H](O)C4[C@@]3(C)CC[C@@H]2O1. The predicted molar refractivity (Wildman–Crippen MR) is 161 cm³/mol. The van der Waals surface area contributed by atoms with Crippen molar-refractivity contribution < 1.29 is 28.2 Å². The molecule has 0 amide bonds. The smallest absolute Gasteiger partial charge is 0.349 e. The van der Waals surface area contributed by atoms with Crippen LogP contribution in [0.2, 0.25) is 10.1 Å². The summed E-state index contributed by atoms with van der Waals surface area (Å²) in [6.45, 7) is 20.2. The van der Waals surface area contributed by atoms with Gasteiger partial charge in [-0.15, -0.1) is 0 Å². The van der Waals surface area contributed by atoms with E-state index in [-0.39, 0.29) is 38.8 Å². The lowest BCUT2D eigenvalue weighted by atomic mass is 9.42. The molecule has 1 saturated heterocycles. The maximum atomic E-state index is 13.4. The Morgan fingerprint density at radius 1 is 1.05 bits per heavy atom. The van der Waals surface area contributed by atoms with Gasteiger partial charge in [0.15, 0.2) is 0 Å². The number of ether oxygens (including phenoxy) is 1. The Kier molecular flexibility index (Phi) is 6.60. The summed E-state index contributed by atoms with van der Waals surface area (Å²) in [6.07, 6.45) is 3.27. The van der Waals surface area contributed by atoms with E-state index in [0.29, 0.717) is 24.4 Å². The van der Waals surface area contributed by atoms with Crippen molar-refractivity contribution in [2.45, 2.75) is 116 Å². The first-order valence-corrected chi connectivity index (χ1v) is 17.2. The highest BCUT2D eigenvalue weighted by Crippen LogP contribution is 2.69. The van der Waals surface area contributed by atoms with Crippen molar-refractivity contribution >= 4 is 8.56 Å². The van der Waals surface area contributed by atoms with E-state index in [9.17, 15) is 15.0 Å². The van der Waals surface area contributed by atoms with E-state index in [1.54, 1.807) is 30.6 Å². The third-order valence-corrected chi connectivity index (χ3v) is 16.5. The summed E-state index contributed by atoms with van der Waals surface area (Å²) in [5, 5.41) is 23.7. The highest BCUT2D eigenvalue weighted by Gasteiger charge is 2.72. The number of aliphatic hydroxyl groups is 2. The molecular formula is C33H47NO7Si. The summed E-state index contributed by atoms with van der Waals surface area (Å²) < 4.78 is 26.5.